The quantitative estimate of drug-likeness (QED) is 0.819. The molecule has 0 atom stereocenters. The number of amides is 2. The van der Waals surface area contributed by atoms with Crippen LogP contribution in [-0.2, 0) is 6.54 Å². The van der Waals surface area contributed by atoms with Gasteiger partial charge in [0.15, 0.2) is 6.61 Å². The van der Waals surface area contributed by atoms with E-state index in [9.17, 15) is 18.0 Å². The van der Waals surface area contributed by atoms with Crippen LogP contribution in [0.3, 0.4) is 0 Å². The van der Waals surface area contributed by atoms with Crippen molar-refractivity contribution in [2.45, 2.75) is 12.7 Å². The molecule has 0 saturated carbocycles. The largest absolute Gasteiger partial charge is 0.468 e. The number of urea groups is 1. The van der Waals surface area contributed by atoms with Crippen molar-refractivity contribution in [1.82, 2.24) is 15.3 Å². The molecule has 0 bridgehead atoms. The first-order valence-corrected chi connectivity index (χ1v) is 7.56. The van der Waals surface area contributed by atoms with Gasteiger partial charge in [-0.3, -0.25) is 0 Å². The monoisotopic (exact) mass is 369 g/mol. The Balaban J connectivity index is 1.86. The molecule has 7 nitrogen and oxygen atoms in total. The van der Waals surface area contributed by atoms with E-state index >= 15 is 0 Å². The average molecular weight is 369 g/mol. The number of halogens is 3. The van der Waals surface area contributed by atoms with Crippen LogP contribution in [0.2, 0.25) is 0 Å². The highest BCUT2D eigenvalue weighted by atomic mass is 19.4. The van der Waals surface area contributed by atoms with Crippen LogP contribution in [0.15, 0.2) is 36.7 Å². The van der Waals surface area contributed by atoms with E-state index in [-0.39, 0.29) is 12.4 Å². The smallest absolute Gasteiger partial charge is 0.422 e. The number of anilines is 2. The number of nitrogens with one attached hydrogen (secondary N) is 2. The van der Waals surface area contributed by atoms with Gasteiger partial charge in [0.25, 0.3) is 0 Å². The second-order valence-corrected chi connectivity index (χ2v) is 5.48. The molecule has 0 aliphatic carbocycles. The van der Waals surface area contributed by atoms with E-state index in [4.69, 9.17) is 0 Å². The van der Waals surface area contributed by atoms with Crippen molar-refractivity contribution in [2.75, 3.05) is 30.9 Å². The average Bonchev–Trinajstić information content (AvgIpc) is 2.59. The lowest BCUT2D eigenvalue weighted by molar-refractivity contribution is -0.154. The Kier molecular flexibility index (Phi) is 6.21. The lowest BCUT2D eigenvalue weighted by Crippen LogP contribution is -2.29. The van der Waals surface area contributed by atoms with Crippen molar-refractivity contribution < 1.29 is 22.7 Å². The van der Waals surface area contributed by atoms with E-state index in [0.717, 1.165) is 11.4 Å². The molecule has 2 heterocycles. The van der Waals surface area contributed by atoms with E-state index in [0.29, 0.717) is 5.69 Å². The zero-order valence-corrected chi connectivity index (χ0v) is 14.2. The van der Waals surface area contributed by atoms with Gasteiger partial charge in [-0.2, -0.15) is 13.2 Å². The Labute approximate surface area is 148 Å². The fourth-order valence-electron chi connectivity index (χ4n) is 2.02. The van der Waals surface area contributed by atoms with Crippen molar-refractivity contribution in [2.24, 2.45) is 0 Å². The summed E-state index contributed by atoms with van der Waals surface area (Å²) in [6, 6.07) is 5.77. The van der Waals surface area contributed by atoms with E-state index in [1.54, 1.807) is 12.3 Å². The number of alkyl halides is 3. The first-order valence-electron chi connectivity index (χ1n) is 7.56. The summed E-state index contributed by atoms with van der Waals surface area (Å²) in [6.07, 6.45) is -1.57. The van der Waals surface area contributed by atoms with E-state index in [1.807, 2.05) is 25.1 Å². The van der Waals surface area contributed by atoms with Crippen LogP contribution in [0, 0.1) is 0 Å². The van der Waals surface area contributed by atoms with Crippen molar-refractivity contribution in [3.63, 3.8) is 0 Å². The normalized spacial score (nSPS) is 11.0. The number of carbonyl (C=O) groups is 1. The number of pyridine rings is 2. The van der Waals surface area contributed by atoms with Gasteiger partial charge in [-0.1, -0.05) is 6.07 Å². The lowest BCUT2D eigenvalue weighted by atomic mass is 10.2. The molecule has 0 unspecified atom stereocenters. The Morgan fingerprint density at radius 3 is 2.62 bits per heavy atom. The molecule has 0 aliphatic rings. The Hall–Kier alpha value is -3.04. The van der Waals surface area contributed by atoms with Crippen molar-refractivity contribution >= 4 is 17.5 Å². The van der Waals surface area contributed by atoms with Crippen LogP contribution in [0.5, 0.6) is 5.88 Å². The summed E-state index contributed by atoms with van der Waals surface area (Å²) in [5.74, 6) is 0.555. The minimum atomic E-state index is -4.43. The fourth-order valence-corrected chi connectivity index (χ4v) is 2.02. The maximum absolute atomic E-state index is 12.1. The third-order valence-electron chi connectivity index (χ3n) is 3.11. The molecule has 2 aromatic heterocycles. The van der Waals surface area contributed by atoms with Crippen LogP contribution in [0.25, 0.3) is 0 Å². The summed E-state index contributed by atoms with van der Waals surface area (Å²) in [4.78, 5) is 21.7. The highest BCUT2D eigenvalue weighted by molar-refractivity contribution is 5.89. The van der Waals surface area contributed by atoms with Gasteiger partial charge in [-0.15, -0.1) is 0 Å². The fraction of sp³-hybridized carbons (Fsp3) is 0.312. The number of ether oxygens (including phenoxy) is 1. The summed E-state index contributed by atoms with van der Waals surface area (Å²) in [7, 11) is 3.69. The number of rotatable bonds is 6. The van der Waals surface area contributed by atoms with Gasteiger partial charge in [0, 0.05) is 38.5 Å². The second kappa shape index (κ2) is 8.37. The Morgan fingerprint density at radius 1 is 1.23 bits per heavy atom. The van der Waals surface area contributed by atoms with E-state index < -0.39 is 18.8 Å². The zero-order valence-electron chi connectivity index (χ0n) is 14.2. The molecule has 2 N–H and O–H groups in total. The number of nitrogens with zero attached hydrogens (tertiary/aromatic N) is 3. The number of aromatic nitrogens is 2. The van der Waals surface area contributed by atoms with Crippen LogP contribution in [0.4, 0.5) is 29.5 Å². The molecule has 0 saturated heterocycles. The highest BCUT2D eigenvalue weighted by Crippen LogP contribution is 2.18. The molecule has 0 spiro atoms. The molecule has 2 aromatic rings. The first kappa shape index (κ1) is 19.3. The Bertz CT molecular complexity index is 735. The summed E-state index contributed by atoms with van der Waals surface area (Å²) in [6.45, 7) is -1.17. The second-order valence-electron chi connectivity index (χ2n) is 5.48. The topological polar surface area (TPSA) is 79.4 Å². The molecule has 2 amide bonds. The molecule has 0 fully saturated rings. The van der Waals surface area contributed by atoms with Gasteiger partial charge in [0.05, 0.1) is 11.9 Å². The van der Waals surface area contributed by atoms with Gasteiger partial charge >= 0.3 is 12.2 Å². The molecule has 10 heteroatoms. The summed E-state index contributed by atoms with van der Waals surface area (Å²) < 4.78 is 40.7. The van der Waals surface area contributed by atoms with E-state index in [1.165, 1.54) is 18.3 Å². The number of hydrogen-bond acceptors (Lipinski definition) is 5. The van der Waals surface area contributed by atoms with Crippen LogP contribution in [-0.4, -0.2) is 42.9 Å². The van der Waals surface area contributed by atoms with Crippen molar-refractivity contribution in [3.8, 4) is 5.88 Å². The maximum Gasteiger partial charge on any atom is 0.422 e. The zero-order chi connectivity index (χ0) is 19.2. The molecular formula is C16H18F3N5O2. The van der Waals surface area contributed by atoms with Gasteiger partial charge in [-0.25, -0.2) is 14.8 Å². The Morgan fingerprint density at radius 2 is 2.00 bits per heavy atom. The maximum atomic E-state index is 12.1. The SMILES string of the molecule is CN(C)c1ncccc1CNC(=O)Nc1ccc(OCC(F)(F)F)nc1. The molecule has 140 valence electrons. The molecule has 26 heavy (non-hydrogen) atoms. The van der Waals surface area contributed by atoms with Gasteiger partial charge in [0.1, 0.15) is 5.82 Å². The standard InChI is InChI=1S/C16H18F3N5O2/c1-24(2)14-11(4-3-7-20-14)8-22-15(25)23-12-5-6-13(21-9-12)26-10-16(17,18)19/h3-7,9H,8,10H2,1-2H3,(H2,22,23,25). The molecule has 0 aliphatic heterocycles. The summed E-state index contributed by atoms with van der Waals surface area (Å²) in [5, 5.41) is 5.21. The highest BCUT2D eigenvalue weighted by Gasteiger charge is 2.28. The number of hydrogen-bond donors (Lipinski definition) is 2. The minimum Gasteiger partial charge on any atom is -0.468 e. The van der Waals surface area contributed by atoms with Gasteiger partial charge < -0.3 is 20.3 Å². The predicted octanol–water partition coefficient (Wildman–Crippen LogP) is 2.81. The molecule has 0 radical (unpaired) electrons. The minimum absolute atomic E-state index is 0.181. The first-order chi connectivity index (χ1) is 12.2. The van der Waals surface area contributed by atoms with Crippen LogP contribution < -0.4 is 20.3 Å². The third kappa shape index (κ3) is 6.11. The van der Waals surface area contributed by atoms with Gasteiger partial charge in [-0.05, 0) is 12.1 Å². The molecular weight excluding hydrogens is 351 g/mol. The summed E-state index contributed by atoms with van der Waals surface area (Å²) >= 11 is 0. The third-order valence-corrected chi connectivity index (χ3v) is 3.11. The molecule has 2 rings (SSSR count). The van der Waals surface area contributed by atoms with Crippen molar-refractivity contribution in [3.05, 3.63) is 42.2 Å². The van der Waals surface area contributed by atoms with E-state index in [2.05, 4.69) is 25.3 Å². The van der Waals surface area contributed by atoms with Crippen molar-refractivity contribution in [1.29, 1.82) is 0 Å². The van der Waals surface area contributed by atoms with Crippen LogP contribution in [0.1, 0.15) is 5.56 Å². The molecule has 0 aromatic carbocycles. The number of carbonyl (C=O) groups excluding carboxylic acids is 1. The summed E-state index contributed by atoms with van der Waals surface area (Å²) in [5.41, 5.74) is 1.16. The predicted molar refractivity (Wildman–Crippen MR) is 90.2 cm³/mol. The lowest BCUT2D eigenvalue weighted by Gasteiger charge is -2.16. The van der Waals surface area contributed by atoms with Crippen LogP contribution >= 0.6 is 0 Å². The van der Waals surface area contributed by atoms with Gasteiger partial charge in [0.2, 0.25) is 5.88 Å².